The van der Waals surface area contributed by atoms with E-state index in [1.165, 1.54) is 12.1 Å². The molecule has 0 saturated heterocycles. The molecular weight excluding hydrogens is 279 g/mol. The Balaban J connectivity index is 3.12. The summed E-state index contributed by atoms with van der Waals surface area (Å²) in [4.78, 5) is 0.115. The van der Waals surface area contributed by atoms with Gasteiger partial charge >= 0.3 is 0 Å². The first kappa shape index (κ1) is 17.1. The van der Waals surface area contributed by atoms with Crippen LogP contribution in [0.3, 0.4) is 0 Å². The fourth-order valence-corrected chi connectivity index (χ4v) is 3.52. The number of rotatable bonds is 7. The first-order valence-corrected chi connectivity index (χ1v) is 8.26. The van der Waals surface area contributed by atoms with Crippen molar-refractivity contribution in [3.05, 3.63) is 29.1 Å². The lowest BCUT2D eigenvalue weighted by molar-refractivity contribution is 0.542. The predicted octanol–water partition coefficient (Wildman–Crippen LogP) is 2.32. The van der Waals surface area contributed by atoms with Gasteiger partial charge in [0.05, 0.1) is 4.90 Å². The molecule has 0 amide bonds. The molecule has 1 rings (SSSR count). The van der Waals surface area contributed by atoms with Gasteiger partial charge in [-0.15, -0.1) is 0 Å². The van der Waals surface area contributed by atoms with E-state index in [4.69, 9.17) is 0 Å². The smallest absolute Gasteiger partial charge is 0.240 e. The van der Waals surface area contributed by atoms with Crippen LogP contribution in [0.25, 0.3) is 0 Å². The Hall–Kier alpha value is -0.980. The second kappa shape index (κ2) is 7.15. The Morgan fingerprint density at radius 1 is 1.35 bits per heavy atom. The second-order valence-corrected chi connectivity index (χ2v) is 6.77. The normalized spacial score (nSPS) is 13.4. The van der Waals surface area contributed by atoms with Crippen LogP contribution < -0.4 is 10.0 Å². The number of aryl methyl sites for hydroxylation is 1. The van der Waals surface area contributed by atoms with E-state index in [0.29, 0.717) is 17.7 Å². The molecule has 114 valence electrons. The van der Waals surface area contributed by atoms with Gasteiger partial charge in [-0.05, 0) is 45.0 Å². The van der Waals surface area contributed by atoms with E-state index in [2.05, 4.69) is 10.0 Å². The second-order valence-electron chi connectivity index (χ2n) is 5.05. The summed E-state index contributed by atoms with van der Waals surface area (Å²) >= 11 is 0. The highest BCUT2D eigenvalue weighted by Crippen LogP contribution is 2.19. The summed E-state index contributed by atoms with van der Waals surface area (Å²) in [5.74, 6) is -0.361. The van der Waals surface area contributed by atoms with Gasteiger partial charge in [0, 0.05) is 18.2 Å². The Bertz CT molecular complexity index is 559. The maximum Gasteiger partial charge on any atom is 0.240 e. The van der Waals surface area contributed by atoms with E-state index in [1.54, 1.807) is 14.0 Å². The molecule has 1 unspecified atom stereocenters. The molecule has 2 N–H and O–H groups in total. The number of nitrogens with one attached hydrogen (secondary N) is 2. The molecule has 0 fully saturated rings. The van der Waals surface area contributed by atoms with Gasteiger partial charge in [-0.25, -0.2) is 17.5 Å². The lowest BCUT2D eigenvalue weighted by Crippen LogP contribution is -2.32. The molecule has 1 aromatic rings. The van der Waals surface area contributed by atoms with Crippen LogP contribution in [-0.4, -0.2) is 21.5 Å². The standard InChI is InChI=1S/C14H23FN2O2S/c1-5-6-11(3)17-20(18,19)13-7-10(2)14(15)12(8-13)9-16-4/h7-8,11,16-17H,5-6,9H2,1-4H3. The van der Waals surface area contributed by atoms with Crippen LogP contribution in [0.2, 0.25) is 0 Å². The number of sulfonamides is 1. The molecule has 0 heterocycles. The van der Waals surface area contributed by atoms with Gasteiger partial charge in [-0.3, -0.25) is 0 Å². The predicted molar refractivity (Wildman–Crippen MR) is 78.6 cm³/mol. The Morgan fingerprint density at radius 3 is 2.55 bits per heavy atom. The molecule has 1 atom stereocenters. The van der Waals surface area contributed by atoms with Crippen LogP contribution in [0, 0.1) is 12.7 Å². The molecule has 20 heavy (non-hydrogen) atoms. The minimum absolute atomic E-state index is 0.115. The molecule has 0 radical (unpaired) electrons. The van der Waals surface area contributed by atoms with E-state index in [-0.39, 0.29) is 16.8 Å². The third-order valence-electron chi connectivity index (χ3n) is 3.06. The van der Waals surface area contributed by atoms with Crippen molar-refractivity contribution < 1.29 is 12.8 Å². The summed E-state index contributed by atoms with van der Waals surface area (Å²) in [5, 5.41) is 2.84. The van der Waals surface area contributed by atoms with E-state index >= 15 is 0 Å². The van der Waals surface area contributed by atoms with Crippen LogP contribution in [0.15, 0.2) is 17.0 Å². The van der Waals surface area contributed by atoms with Gasteiger partial charge in [-0.1, -0.05) is 13.3 Å². The zero-order chi connectivity index (χ0) is 15.3. The first-order valence-electron chi connectivity index (χ1n) is 6.77. The van der Waals surface area contributed by atoms with Crippen LogP contribution in [0.1, 0.15) is 37.8 Å². The van der Waals surface area contributed by atoms with Gasteiger partial charge < -0.3 is 5.32 Å². The number of halogens is 1. The van der Waals surface area contributed by atoms with Crippen molar-refractivity contribution in [1.82, 2.24) is 10.0 Å². The van der Waals surface area contributed by atoms with Crippen molar-refractivity contribution in [3.8, 4) is 0 Å². The monoisotopic (exact) mass is 302 g/mol. The highest BCUT2D eigenvalue weighted by molar-refractivity contribution is 7.89. The summed E-state index contributed by atoms with van der Waals surface area (Å²) in [6.07, 6.45) is 1.67. The molecule has 0 aliphatic carbocycles. The zero-order valence-corrected chi connectivity index (χ0v) is 13.3. The molecule has 4 nitrogen and oxygen atoms in total. The highest BCUT2D eigenvalue weighted by Gasteiger charge is 2.19. The lowest BCUT2D eigenvalue weighted by atomic mass is 10.1. The van der Waals surface area contributed by atoms with Crippen LogP contribution >= 0.6 is 0 Å². The molecule has 1 aromatic carbocycles. The SMILES string of the molecule is CCCC(C)NS(=O)(=O)c1cc(C)c(F)c(CNC)c1. The Kier molecular flexibility index (Phi) is 6.10. The number of hydrogen-bond acceptors (Lipinski definition) is 3. The fourth-order valence-electron chi connectivity index (χ4n) is 2.11. The summed E-state index contributed by atoms with van der Waals surface area (Å²) in [6, 6.07) is 2.62. The van der Waals surface area contributed by atoms with Crippen molar-refractivity contribution in [1.29, 1.82) is 0 Å². The van der Waals surface area contributed by atoms with Gasteiger partial charge in [0.2, 0.25) is 10.0 Å². The maximum atomic E-state index is 13.9. The minimum atomic E-state index is -3.61. The zero-order valence-electron chi connectivity index (χ0n) is 12.5. The Labute approximate surface area is 120 Å². The van der Waals surface area contributed by atoms with Gasteiger partial charge in [0.1, 0.15) is 5.82 Å². The van der Waals surface area contributed by atoms with Crippen molar-refractivity contribution >= 4 is 10.0 Å². The molecular formula is C14H23FN2O2S. The average Bonchev–Trinajstić information content (AvgIpc) is 2.34. The van der Waals surface area contributed by atoms with E-state index < -0.39 is 10.0 Å². The third-order valence-corrected chi connectivity index (χ3v) is 4.63. The van der Waals surface area contributed by atoms with Crippen LogP contribution in [-0.2, 0) is 16.6 Å². The number of benzene rings is 1. The highest BCUT2D eigenvalue weighted by atomic mass is 32.2. The first-order chi connectivity index (χ1) is 9.31. The van der Waals surface area contributed by atoms with Crippen molar-refractivity contribution in [2.45, 2.75) is 51.1 Å². The third kappa shape index (κ3) is 4.26. The summed E-state index contributed by atoms with van der Waals surface area (Å²) < 4.78 is 41.1. The van der Waals surface area contributed by atoms with Gasteiger partial charge in [0.25, 0.3) is 0 Å². The summed E-state index contributed by atoms with van der Waals surface area (Å²) in [5.41, 5.74) is 0.692. The van der Waals surface area contributed by atoms with Crippen molar-refractivity contribution in [3.63, 3.8) is 0 Å². The molecule has 0 aromatic heterocycles. The molecule has 6 heteroatoms. The van der Waals surface area contributed by atoms with Crippen LogP contribution in [0.5, 0.6) is 0 Å². The lowest BCUT2D eigenvalue weighted by Gasteiger charge is -2.15. The molecule has 0 saturated carbocycles. The average molecular weight is 302 g/mol. The van der Waals surface area contributed by atoms with Crippen molar-refractivity contribution in [2.75, 3.05) is 7.05 Å². The van der Waals surface area contributed by atoms with Crippen LogP contribution in [0.4, 0.5) is 4.39 Å². The van der Waals surface area contributed by atoms with E-state index in [1.807, 2.05) is 13.8 Å². The largest absolute Gasteiger partial charge is 0.316 e. The van der Waals surface area contributed by atoms with E-state index in [0.717, 1.165) is 12.8 Å². The summed E-state index contributed by atoms with van der Waals surface area (Å²) in [6.45, 7) is 5.69. The quantitative estimate of drug-likeness (QED) is 0.812. The number of hydrogen-bond donors (Lipinski definition) is 2. The van der Waals surface area contributed by atoms with E-state index in [9.17, 15) is 12.8 Å². The minimum Gasteiger partial charge on any atom is -0.316 e. The molecule has 0 aliphatic heterocycles. The topological polar surface area (TPSA) is 58.2 Å². The molecule has 0 bridgehead atoms. The molecule has 0 aliphatic rings. The summed E-state index contributed by atoms with van der Waals surface area (Å²) in [7, 11) is -1.91. The van der Waals surface area contributed by atoms with Gasteiger partial charge in [0.15, 0.2) is 0 Å². The fraction of sp³-hybridized carbons (Fsp3) is 0.571. The van der Waals surface area contributed by atoms with Gasteiger partial charge in [-0.2, -0.15) is 0 Å². The van der Waals surface area contributed by atoms with Crippen molar-refractivity contribution in [2.24, 2.45) is 0 Å². The molecule has 0 spiro atoms. The maximum absolute atomic E-state index is 13.9. The Morgan fingerprint density at radius 2 is 2.00 bits per heavy atom.